The molecule has 0 aromatic heterocycles. The van der Waals surface area contributed by atoms with Crippen LogP contribution in [0.4, 0.5) is 0 Å². The first kappa shape index (κ1) is 18.0. The maximum absolute atomic E-state index is 11.3. The van der Waals surface area contributed by atoms with Crippen molar-refractivity contribution >= 4 is 11.4 Å². The minimum Gasteiger partial charge on any atom is -0.411 e. The number of hydrogen-bond acceptors (Lipinski definition) is 5. The molecular weight excluding hydrogens is 328 g/mol. The molecule has 0 bridgehead atoms. The second kappa shape index (κ2) is 6.08. The number of aliphatic hydroxyl groups excluding tert-OH is 1. The molecule has 4 aliphatic carbocycles. The fourth-order valence-electron chi connectivity index (χ4n) is 7.53. The number of aliphatic hydroxyl groups is 1. The van der Waals surface area contributed by atoms with Gasteiger partial charge in [-0.2, -0.15) is 0 Å². The highest BCUT2D eigenvalue weighted by atomic mass is 16.4. The second-order valence-corrected chi connectivity index (χ2v) is 9.66. The van der Waals surface area contributed by atoms with E-state index >= 15 is 0 Å². The van der Waals surface area contributed by atoms with Crippen molar-refractivity contribution in [3.8, 4) is 0 Å². The maximum Gasteiger partial charge on any atom is 0.0795 e. The summed E-state index contributed by atoms with van der Waals surface area (Å²) in [5, 5.41) is 36.8. The monoisotopic (exact) mass is 360 g/mol. The minimum absolute atomic E-state index is 0.00997. The van der Waals surface area contributed by atoms with Gasteiger partial charge in [0.15, 0.2) is 0 Å². The largest absolute Gasteiger partial charge is 0.411 e. The lowest BCUT2D eigenvalue weighted by atomic mass is 9.46. The number of nitrogens with zero attached hydrogens (tertiary/aromatic N) is 2. The Kier molecular flexibility index (Phi) is 4.22. The Bertz CT molecular complexity index is 685. The summed E-state index contributed by atoms with van der Waals surface area (Å²) in [4.78, 5) is 0. The van der Waals surface area contributed by atoms with Crippen LogP contribution in [0, 0.1) is 34.5 Å². The van der Waals surface area contributed by atoms with E-state index in [4.69, 9.17) is 0 Å². The average molecular weight is 360 g/mol. The van der Waals surface area contributed by atoms with Gasteiger partial charge in [0.2, 0.25) is 0 Å². The van der Waals surface area contributed by atoms with Gasteiger partial charge >= 0.3 is 0 Å². The number of allylic oxidation sites excluding steroid dienone is 2. The Morgan fingerprint density at radius 1 is 1.15 bits per heavy atom. The molecule has 0 radical (unpaired) electrons. The zero-order chi connectivity index (χ0) is 18.7. The SMILES string of the molecule is C/C(=N/O)[C@H]1CC[C@H]2[C@@H]3CCC4=C/C(=N\O)CC[C@]4(C)[C@H]3[C@H](O)C[C@]12C. The lowest BCUT2D eigenvalue weighted by Crippen LogP contribution is -2.57. The van der Waals surface area contributed by atoms with E-state index in [0.717, 1.165) is 49.9 Å². The van der Waals surface area contributed by atoms with Gasteiger partial charge in [-0.3, -0.25) is 0 Å². The topological polar surface area (TPSA) is 85.4 Å². The lowest BCUT2D eigenvalue weighted by molar-refractivity contribution is -0.121. The molecule has 0 aliphatic heterocycles. The molecule has 0 aromatic carbocycles. The predicted octanol–water partition coefficient (Wildman–Crippen LogP) is 4.22. The molecule has 4 rings (SSSR count). The quantitative estimate of drug-likeness (QED) is 0.372. The van der Waals surface area contributed by atoms with Crippen molar-refractivity contribution in [1.29, 1.82) is 0 Å². The summed E-state index contributed by atoms with van der Waals surface area (Å²) in [6, 6.07) is 0. The van der Waals surface area contributed by atoms with Crippen molar-refractivity contribution in [1.82, 2.24) is 0 Å². The fourth-order valence-corrected chi connectivity index (χ4v) is 7.53. The summed E-state index contributed by atoms with van der Waals surface area (Å²) in [7, 11) is 0. The van der Waals surface area contributed by atoms with Gasteiger partial charge in [0.25, 0.3) is 0 Å². The highest BCUT2D eigenvalue weighted by Gasteiger charge is 2.62. The van der Waals surface area contributed by atoms with E-state index in [1.807, 2.05) is 6.92 Å². The van der Waals surface area contributed by atoms with Gasteiger partial charge < -0.3 is 15.5 Å². The van der Waals surface area contributed by atoms with Crippen LogP contribution in [0.1, 0.15) is 65.7 Å². The average Bonchev–Trinajstić information content (AvgIpc) is 2.96. The van der Waals surface area contributed by atoms with Crippen LogP contribution in [-0.2, 0) is 0 Å². The summed E-state index contributed by atoms with van der Waals surface area (Å²) in [6.07, 6.45) is 8.66. The molecule has 0 spiro atoms. The lowest BCUT2D eigenvalue weighted by Gasteiger charge is -2.60. The van der Waals surface area contributed by atoms with Gasteiger partial charge in [0.1, 0.15) is 0 Å². The van der Waals surface area contributed by atoms with E-state index in [2.05, 4.69) is 30.2 Å². The van der Waals surface area contributed by atoms with E-state index in [0.29, 0.717) is 11.8 Å². The van der Waals surface area contributed by atoms with Gasteiger partial charge in [-0.05, 0) is 86.5 Å². The van der Waals surface area contributed by atoms with E-state index in [-0.39, 0.29) is 28.8 Å². The van der Waals surface area contributed by atoms with E-state index in [1.165, 1.54) is 12.0 Å². The third kappa shape index (κ3) is 2.32. The highest BCUT2D eigenvalue weighted by Crippen LogP contribution is 2.66. The van der Waals surface area contributed by atoms with Crippen molar-refractivity contribution in [3.05, 3.63) is 11.6 Å². The Labute approximate surface area is 155 Å². The number of oxime groups is 2. The second-order valence-electron chi connectivity index (χ2n) is 9.66. The molecule has 3 N–H and O–H groups in total. The predicted molar refractivity (Wildman–Crippen MR) is 101 cm³/mol. The Morgan fingerprint density at radius 2 is 1.92 bits per heavy atom. The molecule has 0 heterocycles. The van der Waals surface area contributed by atoms with Crippen LogP contribution in [0.3, 0.4) is 0 Å². The van der Waals surface area contributed by atoms with E-state index in [1.54, 1.807) is 0 Å². The maximum atomic E-state index is 11.3. The molecule has 0 amide bonds. The third-order valence-corrected chi connectivity index (χ3v) is 8.70. The van der Waals surface area contributed by atoms with E-state index in [9.17, 15) is 15.5 Å². The normalized spacial score (nSPS) is 50.0. The highest BCUT2D eigenvalue weighted by molar-refractivity contribution is 5.96. The van der Waals surface area contributed by atoms with Crippen LogP contribution in [0.25, 0.3) is 0 Å². The van der Waals surface area contributed by atoms with Crippen molar-refractivity contribution in [2.45, 2.75) is 71.8 Å². The summed E-state index contributed by atoms with van der Waals surface area (Å²) in [6.45, 7) is 6.56. The molecule has 5 heteroatoms. The molecule has 26 heavy (non-hydrogen) atoms. The molecule has 5 nitrogen and oxygen atoms in total. The van der Waals surface area contributed by atoms with Gasteiger partial charge in [-0.15, -0.1) is 0 Å². The van der Waals surface area contributed by atoms with Crippen LogP contribution in [0.2, 0.25) is 0 Å². The van der Waals surface area contributed by atoms with Crippen LogP contribution in [-0.4, -0.2) is 33.0 Å². The van der Waals surface area contributed by atoms with Crippen LogP contribution in [0.15, 0.2) is 22.0 Å². The molecule has 3 fully saturated rings. The third-order valence-electron chi connectivity index (χ3n) is 8.70. The Balaban J connectivity index is 1.70. The minimum atomic E-state index is -0.324. The number of rotatable bonds is 1. The van der Waals surface area contributed by atoms with Crippen molar-refractivity contribution in [2.24, 2.45) is 44.8 Å². The van der Waals surface area contributed by atoms with Gasteiger partial charge in [-0.25, -0.2) is 0 Å². The first-order valence-electron chi connectivity index (χ1n) is 10.1. The van der Waals surface area contributed by atoms with Crippen molar-refractivity contribution < 1.29 is 15.5 Å². The molecule has 4 aliphatic rings. The Hall–Kier alpha value is -1.36. The molecule has 0 saturated heterocycles. The van der Waals surface area contributed by atoms with Crippen LogP contribution in [0.5, 0.6) is 0 Å². The summed E-state index contributed by atoms with van der Waals surface area (Å²) in [5.41, 5.74) is 3.01. The number of hydrogen-bond donors (Lipinski definition) is 3. The van der Waals surface area contributed by atoms with E-state index < -0.39 is 0 Å². The van der Waals surface area contributed by atoms with Crippen molar-refractivity contribution in [3.63, 3.8) is 0 Å². The number of fused-ring (bicyclic) bond motifs is 5. The van der Waals surface area contributed by atoms with Gasteiger partial charge in [-0.1, -0.05) is 29.7 Å². The summed E-state index contributed by atoms with van der Waals surface area (Å²) in [5.74, 6) is 1.67. The standard InChI is InChI=1S/C21H32N2O3/c1-12(22-25)16-6-7-17-15-5-4-13-10-14(23-26)8-9-20(13,2)19(15)18(24)11-21(16,17)3/h10,15-19,24-26H,4-9,11H2,1-3H3/b22-12-,23-14-/t15-,16+,17-,18+,19+,20-,21+/m0/s1. The summed E-state index contributed by atoms with van der Waals surface area (Å²) < 4.78 is 0. The smallest absolute Gasteiger partial charge is 0.0795 e. The van der Waals surface area contributed by atoms with Gasteiger partial charge in [0, 0.05) is 5.92 Å². The first-order chi connectivity index (χ1) is 12.3. The summed E-state index contributed by atoms with van der Waals surface area (Å²) >= 11 is 0. The molecule has 3 saturated carbocycles. The molecule has 144 valence electrons. The molecular formula is C21H32N2O3. The molecule has 0 unspecified atom stereocenters. The molecule has 7 atom stereocenters. The zero-order valence-corrected chi connectivity index (χ0v) is 16.1. The zero-order valence-electron chi connectivity index (χ0n) is 16.1. The van der Waals surface area contributed by atoms with Crippen molar-refractivity contribution in [2.75, 3.05) is 0 Å². The Morgan fingerprint density at radius 3 is 2.62 bits per heavy atom. The fraction of sp³-hybridized carbons (Fsp3) is 0.810. The van der Waals surface area contributed by atoms with Crippen LogP contribution < -0.4 is 0 Å². The van der Waals surface area contributed by atoms with Crippen LogP contribution >= 0.6 is 0 Å². The first-order valence-corrected chi connectivity index (χ1v) is 10.1. The molecule has 0 aromatic rings. The van der Waals surface area contributed by atoms with Gasteiger partial charge in [0.05, 0.1) is 17.5 Å².